The maximum absolute atomic E-state index is 10.0. The van der Waals surface area contributed by atoms with Crippen LogP contribution >= 0.6 is 11.3 Å². The zero-order valence-corrected chi connectivity index (χ0v) is 22.1. The van der Waals surface area contributed by atoms with E-state index in [0.29, 0.717) is 49.7 Å². The zero-order valence-electron chi connectivity index (χ0n) is 21.3. The van der Waals surface area contributed by atoms with E-state index in [9.17, 15) is 10.5 Å². The summed E-state index contributed by atoms with van der Waals surface area (Å²) in [7, 11) is 0. The number of pyridine rings is 1. The Morgan fingerprint density at radius 1 is 0.700 bits per heavy atom. The molecular formula is C30H21N9S. The molecule has 3 aromatic carbocycles. The summed E-state index contributed by atoms with van der Waals surface area (Å²) >= 11 is 1.19. The average Bonchev–Trinajstić information content (AvgIpc) is 3.39. The molecule has 9 nitrogen and oxygen atoms in total. The number of nitrogens with zero attached hydrogens (tertiary/aromatic N) is 7. The van der Waals surface area contributed by atoms with Crippen LogP contribution in [0.5, 0.6) is 0 Å². The van der Waals surface area contributed by atoms with Gasteiger partial charge in [-0.3, -0.25) is 0 Å². The van der Waals surface area contributed by atoms with Gasteiger partial charge in [0.05, 0.1) is 16.8 Å². The normalized spacial score (nSPS) is 10.9. The van der Waals surface area contributed by atoms with Gasteiger partial charge in [-0.2, -0.15) is 10.5 Å². The molecule has 0 saturated carbocycles. The van der Waals surface area contributed by atoms with Gasteiger partial charge in [0.1, 0.15) is 22.8 Å². The van der Waals surface area contributed by atoms with E-state index in [4.69, 9.17) is 4.98 Å². The Morgan fingerprint density at radius 3 is 1.90 bits per heavy atom. The lowest BCUT2D eigenvalue weighted by atomic mass is 10.1. The maximum atomic E-state index is 10.0. The summed E-state index contributed by atoms with van der Waals surface area (Å²) < 4.78 is 0. The molecule has 0 aliphatic carbocycles. The Kier molecular flexibility index (Phi) is 7.92. The second-order valence-electron chi connectivity index (χ2n) is 8.40. The number of para-hydroxylation sites is 2. The molecule has 0 aliphatic heterocycles. The van der Waals surface area contributed by atoms with Gasteiger partial charge < -0.3 is 10.6 Å². The first-order valence-electron chi connectivity index (χ1n) is 12.2. The lowest BCUT2D eigenvalue weighted by Gasteiger charge is -2.15. The van der Waals surface area contributed by atoms with Crippen molar-refractivity contribution in [2.75, 3.05) is 10.6 Å². The number of thiophene rings is 1. The summed E-state index contributed by atoms with van der Waals surface area (Å²) in [5.74, 6) is 0.796. The predicted octanol–water partition coefficient (Wildman–Crippen LogP) is 9.51. The van der Waals surface area contributed by atoms with Gasteiger partial charge in [-0.05, 0) is 49.4 Å². The van der Waals surface area contributed by atoms with Crippen molar-refractivity contribution < 1.29 is 0 Å². The average molecular weight is 540 g/mol. The first-order valence-corrected chi connectivity index (χ1v) is 13.0. The van der Waals surface area contributed by atoms with Crippen molar-refractivity contribution in [1.82, 2.24) is 4.98 Å². The monoisotopic (exact) mass is 539 g/mol. The van der Waals surface area contributed by atoms with E-state index in [0.717, 1.165) is 11.4 Å². The molecule has 0 fully saturated rings. The summed E-state index contributed by atoms with van der Waals surface area (Å²) in [6, 6.07) is 34.3. The molecule has 0 spiro atoms. The molecule has 10 heteroatoms. The number of azo groups is 2. The van der Waals surface area contributed by atoms with E-state index in [2.05, 4.69) is 43.2 Å². The van der Waals surface area contributed by atoms with Gasteiger partial charge in [0, 0.05) is 16.9 Å². The second kappa shape index (κ2) is 12.2. The van der Waals surface area contributed by atoms with E-state index >= 15 is 0 Å². The smallest absolute Gasteiger partial charge is 0.161 e. The van der Waals surface area contributed by atoms with E-state index in [1.54, 1.807) is 13.0 Å². The highest BCUT2D eigenvalue weighted by molar-refractivity contribution is 7.19. The van der Waals surface area contributed by atoms with Crippen LogP contribution in [0.25, 0.3) is 0 Å². The Bertz CT molecular complexity index is 1770. The molecule has 0 unspecified atom stereocenters. The third kappa shape index (κ3) is 6.05. The van der Waals surface area contributed by atoms with Gasteiger partial charge in [-0.25, -0.2) is 4.98 Å². The van der Waals surface area contributed by atoms with Crippen LogP contribution in [-0.4, -0.2) is 4.98 Å². The van der Waals surface area contributed by atoms with Crippen LogP contribution in [0, 0.1) is 29.6 Å². The van der Waals surface area contributed by atoms with Gasteiger partial charge >= 0.3 is 0 Å². The van der Waals surface area contributed by atoms with Gasteiger partial charge in [0.25, 0.3) is 0 Å². The van der Waals surface area contributed by atoms with Crippen LogP contribution in [0.15, 0.2) is 118 Å². The van der Waals surface area contributed by atoms with E-state index in [1.807, 2.05) is 91.0 Å². The van der Waals surface area contributed by atoms with Crippen molar-refractivity contribution in [3.05, 3.63) is 114 Å². The van der Waals surface area contributed by atoms with Gasteiger partial charge in [-0.15, -0.1) is 20.5 Å². The summed E-state index contributed by atoms with van der Waals surface area (Å²) in [4.78, 5) is 4.72. The number of hydrogen-bond donors (Lipinski definition) is 2. The van der Waals surface area contributed by atoms with Crippen LogP contribution in [0.1, 0.15) is 16.7 Å². The number of rotatable bonds is 8. The quantitative estimate of drug-likeness (QED) is 0.189. The van der Waals surface area contributed by atoms with Crippen molar-refractivity contribution in [3.8, 4) is 12.1 Å². The summed E-state index contributed by atoms with van der Waals surface area (Å²) in [5.41, 5.74) is 3.89. The standard InChI is InChI=1S/C30H21N9S/c1-20-25(19-32)28(33-22-11-5-2-6-12-22)35-29(34-23-13-7-3-8-14-23)27(20)38-39-30-21(18-31)17-26(40-30)37-36-24-15-9-4-10-16-24/h2-17H,1H3,(H2,33,34,35). The second-order valence-corrected chi connectivity index (χ2v) is 9.41. The van der Waals surface area contributed by atoms with Crippen molar-refractivity contribution >= 4 is 55.7 Å². The molecular weight excluding hydrogens is 518 g/mol. The molecule has 0 saturated heterocycles. The van der Waals surface area contributed by atoms with Crippen LogP contribution in [0.2, 0.25) is 0 Å². The minimum absolute atomic E-state index is 0.321. The molecule has 192 valence electrons. The maximum Gasteiger partial charge on any atom is 0.161 e. The fourth-order valence-corrected chi connectivity index (χ4v) is 4.47. The number of aromatic nitrogens is 1. The number of nitriles is 2. The Labute approximate surface area is 234 Å². The van der Waals surface area contributed by atoms with Crippen molar-refractivity contribution in [2.45, 2.75) is 6.92 Å². The summed E-state index contributed by atoms with van der Waals surface area (Å²) in [6.45, 7) is 1.79. The molecule has 2 N–H and O–H groups in total. The number of hydrogen-bond acceptors (Lipinski definition) is 10. The molecule has 5 rings (SSSR count). The molecule has 5 aromatic rings. The summed E-state index contributed by atoms with van der Waals surface area (Å²) in [6.07, 6.45) is 0. The Hall–Kier alpha value is -5.71. The van der Waals surface area contributed by atoms with Crippen LogP contribution in [-0.2, 0) is 0 Å². The van der Waals surface area contributed by atoms with E-state index < -0.39 is 0 Å². The molecule has 40 heavy (non-hydrogen) atoms. The van der Waals surface area contributed by atoms with Gasteiger partial charge in [-0.1, -0.05) is 65.9 Å². The third-order valence-corrected chi connectivity index (χ3v) is 6.58. The first kappa shape index (κ1) is 25.9. The minimum atomic E-state index is 0.321. The lowest BCUT2D eigenvalue weighted by Crippen LogP contribution is -2.04. The zero-order chi connectivity index (χ0) is 27.7. The molecule has 2 aromatic heterocycles. The number of benzene rings is 3. The van der Waals surface area contributed by atoms with E-state index in [-0.39, 0.29) is 0 Å². The van der Waals surface area contributed by atoms with E-state index in [1.165, 1.54) is 11.3 Å². The predicted molar refractivity (Wildman–Crippen MR) is 157 cm³/mol. The fourth-order valence-electron chi connectivity index (χ4n) is 3.72. The SMILES string of the molecule is Cc1c(C#N)c(Nc2ccccc2)nc(Nc2ccccc2)c1N=Nc1sc(N=Nc2ccccc2)cc1C#N. The molecule has 0 bridgehead atoms. The highest BCUT2D eigenvalue weighted by Gasteiger charge is 2.19. The molecule has 0 atom stereocenters. The Morgan fingerprint density at radius 2 is 1.30 bits per heavy atom. The highest BCUT2D eigenvalue weighted by Crippen LogP contribution is 2.41. The number of anilines is 4. The first-order chi connectivity index (χ1) is 19.6. The molecule has 0 radical (unpaired) electrons. The van der Waals surface area contributed by atoms with Crippen molar-refractivity contribution in [3.63, 3.8) is 0 Å². The van der Waals surface area contributed by atoms with Gasteiger partial charge in [0.2, 0.25) is 0 Å². The van der Waals surface area contributed by atoms with Crippen molar-refractivity contribution in [2.24, 2.45) is 20.5 Å². The number of nitrogens with one attached hydrogen (secondary N) is 2. The van der Waals surface area contributed by atoms with Crippen LogP contribution in [0.3, 0.4) is 0 Å². The minimum Gasteiger partial charge on any atom is -0.339 e. The topological polar surface area (TPSA) is 134 Å². The Balaban J connectivity index is 1.54. The molecule has 0 amide bonds. The lowest BCUT2D eigenvalue weighted by molar-refractivity contribution is 1.17. The van der Waals surface area contributed by atoms with Gasteiger partial charge in [0.15, 0.2) is 16.6 Å². The third-order valence-electron chi connectivity index (χ3n) is 5.68. The van der Waals surface area contributed by atoms with Crippen molar-refractivity contribution in [1.29, 1.82) is 10.5 Å². The largest absolute Gasteiger partial charge is 0.339 e. The molecule has 0 aliphatic rings. The highest BCUT2D eigenvalue weighted by atomic mass is 32.1. The van der Waals surface area contributed by atoms with Crippen LogP contribution in [0.4, 0.5) is 44.4 Å². The summed E-state index contributed by atoms with van der Waals surface area (Å²) in [5, 5.41) is 44.4. The molecule has 2 heterocycles. The van der Waals surface area contributed by atoms with Crippen LogP contribution < -0.4 is 10.6 Å². The fraction of sp³-hybridized carbons (Fsp3) is 0.0333.